The maximum atomic E-state index is 12.5. The summed E-state index contributed by atoms with van der Waals surface area (Å²) < 4.78 is 31.3. The number of aromatic nitrogens is 1. The molecule has 1 aromatic heterocycles. The van der Waals surface area contributed by atoms with Crippen molar-refractivity contribution in [3.63, 3.8) is 0 Å². The van der Waals surface area contributed by atoms with Crippen molar-refractivity contribution < 1.29 is 17.9 Å². The Morgan fingerprint density at radius 3 is 2.68 bits per heavy atom. The van der Waals surface area contributed by atoms with Crippen LogP contribution in [-0.4, -0.2) is 50.7 Å². The molecule has 1 atom stereocenters. The average Bonchev–Trinajstić information content (AvgIpc) is 3.21. The van der Waals surface area contributed by atoms with Gasteiger partial charge >= 0.3 is 6.03 Å². The van der Waals surface area contributed by atoms with Gasteiger partial charge in [-0.3, -0.25) is 0 Å². The number of amides is 2. The largest absolute Gasteiger partial charge is 0.444 e. The molecule has 0 spiro atoms. The van der Waals surface area contributed by atoms with Gasteiger partial charge in [0.1, 0.15) is 5.76 Å². The number of sulfonamides is 1. The molecule has 182 valence electrons. The highest BCUT2D eigenvalue weighted by Gasteiger charge is 2.24. The standard InChI is InChI=1S/C25H32N4O4S/c1-16-14-17-6-5-7-21(17)24(27-25(30)28-34(4,31)32)23(16)18-12-13-26-22(15-18)33-20-10-8-19(9-11-20)29(2)3/h10,12-15,19H,5-9,11H2,1-4H3,(H2,27,28,30). The predicted octanol–water partition coefficient (Wildman–Crippen LogP) is 4.00. The number of ether oxygens (including phenoxy) is 1. The smallest absolute Gasteiger partial charge is 0.332 e. The average molecular weight is 485 g/mol. The lowest BCUT2D eigenvalue weighted by molar-refractivity contribution is 0.251. The van der Waals surface area contributed by atoms with Crippen molar-refractivity contribution >= 4 is 21.7 Å². The van der Waals surface area contributed by atoms with E-state index in [9.17, 15) is 13.2 Å². The third kappa shape index (κ3) is 5.59. The summed E-state index contributed by atoms with van der Waals surface area (Å²) in [7, 11) is 0.508. The van der Waals surface area contributed by atoms with Gasteiger partial charge in [-0.15, -0.1) is 0 Å². The molecule has 2 aliphatic rings. The molecule has 2 N–H and O–H groups in total. The maximum Gasteiger partial charge on any atom is 0.332 e. The number of fused-ring (bicyclic) bond motifs is 1. The molecular formula is C25H32N4O4S. The zero-order valence-electron chi connectivity index (χ0n) is 20.1. The van der Waals surface area contributed by atoms with Gasteiger partial charge in [0.2, 0.25) is 15.9 Å². The van der Waals surface area contributed by atoms with Crippen LogP contribution in [0.3, 0.4) is 0 Å². The lowest BCUT2D eigenvalue weighted by Crippen LogP contribution is -2.34. The lowest BCUT2D eigenvalue weighted by Gasteiger charge is -2.27. The second-order valence-corrected chi connectivity index (χ2v) is 11.1. The van der Waals surface area contributed by atoms with E-state index >= 15 is 0 Å². The number of urea groups is 1. The van der Waals surface area contributed by atoms with Gasteiger partial charge in [-0.25, -0.2) is 22.9 Å². The van der Waals surface area contributed by atoms with Gasteiger partial charge in [0, 0.05) is 30.3 Å². The summed E-state index contributed by atoms with van der Waals surface area (Å²) in [5.41, 5.74) is 5.59. The van der Waals surface area contributed by atoms with Crippen molar-refractivity contribution in [2.75, 3.05) is 25.7 Å². The van der Waals surface area contributed by atoms with Crippen molar-refractivity contribution in [1.29, 1.82) is 0 Å². The van der Waals surface area contributed by atoms with E-state index in [-0.39, 0.29) is 0 Å². The zero-order valence-corrected chi connectivity index (χ0v) is 21.0. The molecule has 0 saturated heterocycles. The fourth-order valence-electron chi connectivity index (χ4n) is 4.82. The Labute approximate surface area is 201 Å². The fraction of sp³-hybridized carbons (Fsp3) is 0.440. The molecule has 0 radical (unpaired) electrons. The second-order valence-electron chi connectivity index (χ2n) is 9.31. The SMILES string of the molecule is Cc1cc2c(c(NC(=O)NS(C)(=O)=O)c1-c1ccnc(OC3=CCC(N(C)C)CC3)c1)CCC2. The van der Waals surface area contributed by atoms with Crippen LogP contribution in [0.4, 0.5) is 10.5 Å². The molecule has 1 unspecified atom stereocenters. The summed E-state index contributed by atoms with van der Waals surface area (Å²) in [5, 5.41) is 2.82. The van der Waals surface area contributed by atoms with Crippen molar-refractivity contribution in [2.45, 2.75) is 51.5 Å². The molecule has 1 aromatic carbocycles. The van der Waals surface area contributed by atoms with Crippen LogP contribution in [-0.2, 0) is 22.9 Å². The number of carbonyl (C=O) groups excluding carboxylic acids is 1. The van der Waals surface area contributed by atoms with Crippen molar-refractivity contribution in [3.8, 4) is 17.0 Å². The topological polar surface area (TPSA) is 101 Å². The molecule has 0 bridgehead atoms. The van der Waals surface area contributed by atoms with Crippen molar-refractivity contribution in [2.24, 2.45) is 0 Å². The molecule has 8 nitrogen and oxygen atoms in total. The van der Waals surface area contributed by atoms with Crippen molar-refractivity contribution in [1.82, 2.24) is 14.6 Å². The first-order valence-corrected chi connectivity index (χ1v) is 13.4. The Hall–Kier alpha value is -2.91. The van der Waals surface area contributed by atoms with Gasteiger partial charge < -0.3 is 15.0 Å². The molecule has 34 heavy (non-hydrogen) atoms. The predicted molar refractivity (Wildman–Crippen MR) is 133 cm³/mol. The first kappa shape index (κ1) is 24.2. The molecule has 1 heterocycles. The van der Waals surface area contributed by atoms with E-state index in [1.807, 2.05) is 23.8 Å². The number of allylic oxidation sites excluding steroid dienone is 1. The number of carbonyl (C=O) groups is 1. The van der Waals surface area contributed by atoms with E-state index in [4.69, 9.17) is 4.74 Å². The summed E-state index contributed by atoms with van der Waals surface area (Å²) in [6.45, 7) is 2.00. The third-order valence-corrected chi connectivity index (χ3v) is 7.00. The van der Waals surface area contributed by atoms with Gasteiger partial charge in [0.05, 0.1) is 11.9 Å². The van der Waals surface area contributed by atoms with E-state index in [2.05, 4.69) is 41.4 Å². The fourth-order valence-corrected chi connectivity index (χ4v) is 5.21. The quantitative estimate of drug-likeness (QED) is 0.643. The van der Waals surface area contributed by atoms with Crippen LogP contribution in [0.15, 0.2) is 36.2 Å². The summed E-state index contributed by atoms with van der Waals surface area (Å²) >= 11 is 0. The molecule has 0 saturated carbocycles. The number of nitrogens with zero attached hydrogens (tertiary/aromatic N) is 2. The van der Waals surface area contributed by atoms with Crippen LogP contribution >= 0.6 is 0 Å². The van der Waals surface area contributed by atoms with Gasteiger partial charge in [-0.05, 0) is 87.5 Å². The van der Waals surface area contributed by atoms with Gasteiger partial charge in [0.15, 0.2) is 0 Å². The molecule has 4 rings (SSSR count). The Morgan fingerprint density at radius 2 is 2.00 bits per heavy atom. The van der Waals surface area contributed by atoms with Gasteiger partial charge in [0.25, 0.3) is 0 Å². The monoisotopic (exact) mass is 484 g/mol. The van der Waals surface area contributed by atoms with Crippen LogP contribution in [0.1, 0.15) is 42.4 Å². The van der Waals surface area contributed by atoms with E-state index in [1.165, 1.54) is 5.56 Å². The van der Waals surface area contributed by atoms with Gasteiger partial charge in [-0.2, -0.15) is 0 Å². The molecule has 0 aliphatic heterocycles. The van der Waals surface area contributed by atoms with Crippen LogP contribution in [0.25, 0.3) is 11.1 Å². The lowest BCUT2D eigenvalue weighted by atomic mass is 9.93. The number of pyridine rings is 1. The van der Waals surface area contributed by atoms with Crippen LogP contribution in [0, 0.1) is 6.92 Å². The van der Waals surface area contributed by atoms with E-state index in [0.717, 1.165) is 72.8 Å². The molecule has 9 heteroatoms. The minimum Gasteiger partial charge on any atom is -0.444 e. The molecule has 2 aromatic rings. The first-order valence-electron chi connectivity index (χ1n) is 11.5. The number of rotatable bonds is 6. The Kier molecular flexibility index (Phi) is 6.95. The Balaban J connectivity index is 1.66. The number of benzene rings is 1. The number of aryl methyl sites for hydroxylation is 2. The van der Waals surface area contributed by atoms with E-state index in [1.54, 1.807) is 6.20 Å². The van der Waals surface area contributed by atoms with Crippen LogP contribution < -0.4 is 14.8 Å². The first-order chi connectivity index (χ1) is 16.1. The number of hydrogen-bond acceptors (Lipinski definition) is 6. The van der Waals surface area contributed by atoms with Crippen LogP contribution in [0.5, 0.6) is 5.88 Å². The second kappa shape index (κ2) is 9.76. The molecule has 2 amide bonds. The Morgan fingerprint density at radius 1 is 1.21 bits per heavy atom. The Bertz CT molecular complexity index is 1240. The normalized spacial score (nSPS) is 17.8. The van der Waals surface area contributed by atoms with Gasteiger partial charge in [-0.1, -0.05) is 6.07 Å². The summed E-state index contributed by atoms with van der Waals surface area (Å²) in [5.74, 6) is 1.41. The van der Waals surface area contributed by atoms with Crippen molar-refractivity contribution in [3.05, 3.63) is 52.9 Å². The maximum absolute atomic E-state index is 12.5. The van der Waals surface area contributed by atoms with Crippen LogP contribution in [0.2, 0.25) is 0 Å². The minimum atomic E-state index is -3.68. The molecule has 2 aliphatic carbocycles. The summed E-state index contributed by atoms with van der Waals surface area (Å²) in [4.78, 5) is 19.1. The highest BCUT2D eigenvalue weighted by Crippen LogP contribution is 2.41. The summed E-state index contributed by atoms with van der Waals surface area (Å²) in [6.07, 6.45) is 10.4. The summed E-state index contributed by atoms with van der Waals surface area (Å²) in [6, 6.07) is 5.67. The molecule has 0 fully saturated rings. The van der Waals surface area contributed by atoms with E-state index < -0.39 is 16.1 Å². The number of nitrogens with one attached hydrogen (secondary N) is 2. The van der Waals surface area contributed by atoms with E-state index in [0.29, 0.717) is 17.6 Å². The minimum absolute atomic E-state index is 0.499. The zero-order chi connectivity index (χ0) is 24.5. The highest BCUT2D eigenvalue weighted by molar-refractivity contribution is 7.89. The molecular weight excluding hydrogens is 452 g/mol. The number of hydrogen-bond donors (Lipinski definition) is 2. The number of anilines is 1. The third-order valence-electron chi connectivity index (χ3n) is 6.45. The highest BCUT2D eigenvalue weighted by atomic mass is 32.2.